The van der Waals surface area contributed by atoms with Gasteiger partial charge < -0.3 is 5.32 Å². The largest absolute Gasteiger partial charge is 0.340 e. The molecule has 7 nitrogen and oxygen atoms in total. The van der Waals surface area contributed by atoms with Crippen LogP contribution in [0.4, 0.5) is 0 Å². The Bertz CT molecular complexity index is 773. The summed E-state index contributed by atoms with van der Waals surface area (Å²) in [6.07, 6.45) is 2.94. The summed E-state index contributed by atoms with van der Waals surface area (Å²) in [7, 11) is 0. The number of rotatable bonds is 5. The molecule has 0 saturated heterocycles. The predicted octanol–water partition coefficient (Wildman–Crippen LogP) is 1.61. The number of pyridine rings is 1. The van der Waals surface area contributed by atoms with Gasteiger partial charge in [-0.25, -0.2) is 0 Å². The van der Waals surface area contributed by atoms with Crippen molar-refractivity contribution in [2.75, 3.05) is 0 Å². The quantitative estimate of drug-likeness (QED) is 0.710. The van der Waals surface area contributed by atoms with E-state index in [1.54, 1.807) is 30.5 Å². The Balaban J connectivity index is 1.97. The zero-order chi connectivity index (χ0) is 19.1. The average Bonchev–Trinajstić information content (AvgIpc) is 2.64. The van der Waals surface area contributed by atoms with E-state index in [4.69, 9.17) is 0 Å². The summed E-state index contributed by atoms with van der Waals surface area (Å²) in [6, 6.07) is 9.45. The van der Waals surface area contributed by atoms with Gasteiger partial charge in [-0.15, -0.1) is 0 Å². The number of carbonyl (C=O) groups excluding carboxylic acids is 3. The molecule has 3 amide bonds. The third-order valence-corrected chi connectivity index (χ3v) is 3.77. The third-order valence-electron chi connectivity index (χ3n) is 3.77. The van der Waals surface area contributed by atoms with E-state index in [2.05, 4.69) is 21.2 Å². The van der Waals surface area contributed by atoms with Crippen molar-refractivity contribution in [1.29, 1.82) is 0 Å². The second-order valence-corrected chi connectivity index (χ2v) is 6.25. The van der Waals surface area contributed by atoms with E-state index in [1.165, 1.54) is 6.20 Å². The average molecular weight is 354 g/mol. The highest BCUT2D eigenvalue weighted by molar-refractivity contribution is 5.99. The molecular formula is C19H22N4O3. The lowest BCUT2D eigenvalue weighted by molar-refractivity contribution is -0.124. The Morgan fingerprint density at radius 3 is 2.19 bits per heavy atom. The molecule has 0 fully saturated rings. The molecule has 0 aliphatic rings. The summed E-state index contributed by atoms with van der Waals surface area (Å²) in [5.74, 6) is -1.51. The number of hydrogen-bond acceptors (Lipinski definition) is 4. The zero-order valence-electron chi connectivity index (χ0n) is 14.9. The second kappa shape index (κ2) is 8.75. The van der Waals surface area contributed by atoms with Gasteiger partial charge in [0, 0.05) is 18.0 Å². The molecule has 0 radical (unpaired) electrons. The van der Waals surface area contributed by atoms with Crippen LogP contribution in [0.2, 0.25) is 0 Å². The molecule has 1 heterocycles. The molecule has 1 unspecified atom stereocenters. The van der Waals surface area contributed by atoms with E-state index < -0.39 is 17.9 Å². The van der Waals surface area contributed by atoms with Crippen molar-refractivity contribution in [2.45, 2.75) is 26.8 Å². The van der Waals surface area contributed by atoms with Crippen molar-refractivity contribution in [3.63, 3.8) is 0 Å². The first-order chi connectivity index (χ1) is 12.4. The smallest absolute Gasteiger partial charge is 0.271 e. The van der Waals surface area contributed by atoms with Crippen LogP contribution in [0.5, 0.6) is 0 Å². The zero-order valence-corrected chi connectivity index (χ0v) is 14.9. The molecule has 1 atom stereocenters. The van der Waals surface area contributed by atoms with E-state index in [-0.39, 0.29) is 11.8 Å². The SMILES string of the molecule is Cc1ccc(C(=O)NC(C(=O)NNC(=O)c2cccnc2)C(C)C)cc1. The van der Waals surface area contributed by atoms with E-state index >= 15 is 0 Å². The molecule has 26 heavy (non-hydrogen) atoms. The Morgan fingerprint density at radius 2 is 1.62 bits per heavy atom. The van der Waals surface area contributed by atoms with Crippen LogP contribution in [0.15, 0.2) is 48.8 Å². The monoisotopic (exact) mass is 354 g/mol. The van der Waals surface area contributed by atoms with Crippen LogP contribution in [-0.4, -0.2) is 28.7 Å². The standard InChI is InChI=1S/C19H22N4O3/c1-12(2)16(21-17(24)14-8-6-13(3)7-9-14)19(26)23-22-18(25)15-5-4-10-20-11-15/h4-12,16H,1-3H3,(H,21,24)(H,22,25)(H,23,26). The Kier molecular flexibility index (Phi) is 6.43. The summed E-state index contributed by atoms with van der Waals surface area (Å²) in [6.45, 7) is 5.54. The number of amides is 3. The Morgan fingerprint density at radius 1 is 0.923 bits per heavy atom. The van der Waals surface area contributed by atoms with Crippen molar-refractivity contribution in [1.82, 2.24) is 21.2 Å². The first kappa shape index (κ1) is 19.1. The maximum absolute atomic E-state index is 12.4. The summed E-state index contributed by atoms with van der Waals surface area (Å²) in [4.78, 5) is 40.5. The Labute approximate surface area is 152 Å². The molecule has 0 bridgehead atoms. The second-order valence-electron chi connectivity index (χ2n) is 6.25. The molecule has 0 spiro atoms. The van der Waals surface area contributed by atoms with Gasteiger partial charge in [-0.3, -0.25) is 30.2 Å². The van der Waals surface area contributed by atoms with Crippen molar-refractivity contribution >= 4 is 17.7 Å². The number of hydrogen-bond donors (Lipinski definition) is 3. The lowest BCUT2D eigenvalue weighted by Gasteiger charge is -2.22. The van der Waals surface area contributed by atoms with E-state index in [1.807, 2.05) is 32.9 Å². The van der Waals surface area contributed by atoms with E-state index in [0.717, 1.165) is 5.56 Å². The maximum Gasteiger partial charge on any atom is 0.271 e. The summed E-state index contributed by atoms with van der Waals surface area (Å²) < 4.78 is 0. The summed E-state index contributed by atoms with van der Waals surface area (Å²) in [5.41, 5.74) is 6.50. The highest BCUT2D eigenvalue weighted by Gasteiger charge is 2.25. The topological polar surface area (TPSA) is 100 Å². The van der Waals surface area contributed by atoms with Gasteiger partial charge in [-0.1, -0.05) is 31.5 Å². The van der Waals surface area contributed by atoms with Gasteiger partial charge >= 0.3 is 0 Å². The number of aromatic nitrogens is 1. The van der Waals surface area contributed by atoms with Crippen LogP contribution in [0.3, 0.4) is 0 Å². The van der Waals surface area contributed by atoms with Crippen LogP contribution < -0.4 is 16.2 Å². The molecule has 2 aromatic rings. The van der Waals surface area contributed by atoms with Gasteiger partial charge in [0.2, 0.25) is 0 Å². The lowest BCUT2D eigenvalue weighted by Crippen LogP contribution is -2.54. The van der Waals surface area contributed by atoms with Crippen LogP contribution in [0, 0.1) is 12.8 Å². The molecule has 0 saturated carbocycles. The molecule has 7 heteroatoms. The fraction of sp³-hybridized carbons (Fsp3) is 0.263. The van der Waals surface area contributed by atoms with Gasteiger partial charge in [-0.05, 0) is 37.1 Å². The molecule has 0 aliphatic heterocycles. The van der Waals surface area contributed by atoms with Crippen LogP contribution >= 0.6 is 0 Å². The lowest BCUT2D eigenvalue weighted by atomic mass is 10.0. The number of hydrazine groups is 1. The van der Waals surface area contributed by atoms with Crippen molar-refractivity contribution in [2.24, 2.45) is 5.92 Å². The molecule has 2 rings (SSSR count). The van der Waals surface area contributed by atoms with Crippen LogP contribution in [0.1, 0.15) is 40.1 Å². The fourth-order valence-electron chi connectivity index (χ4n) is 2.23. The van der Waals surface area contributed by atoms with Gasteiger partial charge in [0.05, 0.1) is 5.56 Å². The fourth-order valence-corrected chi connectivity index (χ4v) is 2.23. The van der Waals surface area contributed by atoms with Crippen molar-refractivity contribution < 1.29 is 14.4 Å². The highest BCUT2D eigenvalue weighted by Crippen LogP contribution is 2.07. The van der Waals surface area contributed by atoms with Gasteiger partial charge in [0.15, 0.2) is 0 Å². The number of benzene rings is 1. The molecule has 1 aromatic carbocycles. The summed E-state index contributed by atoms with van der Waals surface area (Å²) >= 11 is 0. The minimum Gasteiger partial charge on any atom is -0.340 e. The highest BCUT2D eigenvalue weighted by atomic mass is 16.2. The van der Waals surface area contributed by atoms with Gasteiger partial charge in [-0.2, -0.15) is 0 Å². The van der Waals surface area contributed by atoms with Gasteiger partial charge in [0.1, 0.15) is 6.04 Å². The molecule has 0 aliphatic carbocycles. The Hall–Kier alpha value is -3.22. The molecule has 136 valence electrons. The third kappa shape index (κ3) is 5.14. The van der Waals surface area contributed by atoms with Crippen molar-refractivity contribution in [3.05, 3.63) is 65.5 Å². The first-order valence-electron chi connectivity index (χ1n) is 8.26. The number of carbonyl (C=O) groups is 3. The minimum atomic E-state index is -0.794. The number of nitrogens with one attached hydrogen (secondary N) is 3. The summed E-state index contributed by atoms with van der Waals surface area (Å²) in [5, 5.41) is 2.70. The van der Waals surface area contributed by atoms with Crippen LogP contribution in [0.25, 0.3) is 0 Å². The normalized spacial score (nSPS) is 11.5. The minimum absolute atomic E-state index is 0.167. The number of aryl methyl sites for hydroxylation is 1. The molecular weight excluding hydrogens is 332 g/mol. The van der Waals surface area contributed by atoms with E-state index in [0.29, 0.717) is 11.1 Å². The predicted molar refractivity (Wildman–Crippen MR) is 97.1 cm³/mol. The van der Waals surface area contributed by atoms with Crippen molar-refractivity contribution in [3.8, 4) is 0 Å². The first-order valence-corrected chi connectivity index (χ1v) is 8.26. The van der Waals surface area contributed by atoms with Gasteiger partial charge in [0.25, 0.3) is 17.7 Å². The molecule has 1 aromatic heterocycles. The maximum atomic E-state index is 12.4. The number of nitrogens with zero attached hydrogens (tertiary/aromatic N) is 1. The van der Waals surface area contributed by atoms with Crippen LogP contribution in [-0.2, 0) is 4.79 Å². The van der Waals surface area contributed by atoms with E-state index in [9.17, 15) is 14.4 Å². The molecule has 3 N–H and O–H groups in total.